The first-order valence-electron chi connectivity index (χ1n) is 3.19. The number of pyridine rings is 1. The SMILES string of the molecule is O=[N+]([O-])c1cc(Br)ncc1C(F)(F)F. The van der Waals surface area contributed by atoms with Gasteiger partial charge in [-0.3, -0.25) is 10.1 Å². The number of hydrogen-bond donors (Lipinski definition) is 0. The third-order valence-corrected chi connectivity index (χ3v) is 1.78. The molecule has 0 aliphatic heterocycles. The molecule has 76 valence electrons. The Hall–Kier alpha value is -1.18. The third-order valence-electron chi connectivity index (χ3n) is 1.35. The Labute approximate surface area is 84.0 Å². The highest BCUT2D eigenvalue weighted by Gasteiger charge is 2.38. The van der Waals surface area contributed by atoms with Gasteiger partial charge in [-0.25, -0.2) is 4.98 Å². The average Bonchev–Trinajstić information content (AvgIpc) is 2.01. The van der Waals surface area contributed by atoms with Gasteiger partial charge in [0.25, 0.3) is 5.69 Å². The number of hydrogen-bond acceptors (Lipinski definition) is 3. The Balaban J connectivity index is 3.37. The molecule has 14 heavy (non-hydrogen) atoms. The van der Waals surface area contributed by atoms with Gasteiger partial charge in [0.15, 0.2) is 5.56 Å². The van der Waals surface area contributed by atoms with Crippen molar-refractivity contribution in [3.05, 3.63) is 32.5 Å². The van der Waals surface area contributed by atoms with Crippen LogP contribution in [0.2, 0.25) is 0 Å². The number of alkyl halides is 3. The topological polar surface area (TPSA) is 56.0 Å². The van der Waals surface area contributed by atoms with Crippen LogP contribution >= 0.6 is 15.9 Å². The quantitative estimate of drug-likeness (QED) is 0.448. The van der Waals surface area contributed by atoms with Gasteiger partial charge in [-0.15, -0.1) is 0 Å². The molecule has 0 aliphatic rings. The van der Waals surface area contributed by atoms with E-state index in [2.05, 4.69) is 20.9 Å². The third kappa shape index (κ3) is 2.19. The minimum absolute atomic E-state index is 0.0165. The summed E-state index contributed by atoms with van der Waals surface area (Å²) in [6, 6.07) is 0.711. The molecule has 0 saturated heterocycles. The van der Waals surface area contributed by atoms with E-state index in [1.807, 2.05) is 0 Å². The number of halogens is 4. The van der Waals surface area contributed by atoms with E-state index in [0.717, 1.165) is 0 Å². The smallest absolute Gasteiger partial charge is 0.258 e. The van der Waals surface area contributed by atoms with Crippen LogP contribution in [0.25, 0.3) is 0 Å². The molecule has 0 fully saturated rings. The van der Waals surface area contributed by atoms with Crippen LogP contribution in [-0.4, -0.2) is 9.91 Å². The van der Waals surface area contributed by atoms with Crippen LogP contribution in [-0.2, 0) is 6.18 Å². The summed E-state index contributed by atoms with van der Waals surface area (Å²) in [4.78, 5) is 12.5. The van der Waals surface area contributed by atoms with E-state index < -0.39 is 22.4 Å². The van der Waals surface area contributed by atoms with E-state index in [9.17, 15) is 23.3 Å². The zero-order chi connectivity index (χ0) is 10.9. The van der Waals surface area contributed by atoms with Crippen LogP contribution < -0.4 is 0 Å². The lowest BCUT2D eigenvalue weighted by Gasteiger charge is -2.06. The maximum atomic E-state index is 12.2. The van der Waals surface area contributed by atoms with Crippen molar-refractivity contribution in [1.29, 1.82) is 0 Å². The maximum Gasteiger partial charge on any atom is 0.424 e. The minimum atomic E-state index is -4.77. The molecule has 1 heterocycles. The molecule has 1 aromatic heterocycles. The number of rotatable bonds is 1. The van der Waals surface area contributed by atoms with Crippen molar-refractivity contribution < 1.29 is 18.1 Å². The standard InChI is InChI=1S/C6H2BrF3N2O2/c7-5-1-4(12(13)14)3(2-11-5)6(8,9)10/h1-2H. The summed E-state index contributed by atoms with van der Waals surface area (Å²) in [5.74, 6) is 0. The van der Waals surface area contributed by atoms with E-state index in [-0.39, 0.29) is 4.60 Å². The molecule has 1 aromatic rings. The number of aromatic nitrogens is 1. The van der Waals surface area contributed by atoms with Gasteiger partial charge in [0.1, 0.15) is 4.60 Å². The fourth-order valence-corrected chi connectivity index (χ4v) is 1.11. The zero-order valence-electron chi connectivity index (χ0n) is 6.38. The lowest BCUT2D eigenvalue weighted by molar-refractivity contribution is -0.388. The van der Waals surface area contributed by atoms with Crippen LogP contribution in [0.5, 0.6) is 0 Å². The molecule has 0 radical (unpaired) electrons. The van der Waals surface area contributed by atoms with Gasteiger partial charge in [0.2, 0.25) is 0 Å². The average molecular weight is 271 g/mol. The van der Waals surface area contributed by atoms with Crippen molar-refractivity contribution in [2.75, 3.05) is 0 Å². The number of nitro groups is 1. The molecule has 0 bridgehead atoms. The summed E-state index contributed by atoms with van der Waals surface area (Å²) in [5.41, 5.74) is -2.37. The second-order valence-corrected chi connectivity index (χ2v) is 3.09. The highest BCUT2D eigenvalue weighted by Crippen LogP contribution is 2.36. The molecule has 0 atom stereocenters. The Morgan fingerprint density at radius 1 is 1.50 bits per heavy atom. The molecule has 0 N–H and O–H groups in total. The highest BCUT2D eigenvalue weighted by molar-refractivity contribution is 9.10. The second-order valence-electron chi connectivity index (χ2n) is 2.28. The van der Waals surface area contributed by atoms with Crippen molar-refractivity contribution in [2.45, 2.75) is 6.18 Å². The van der Waals surface area contributed by atoms with Crippen molar-refractivity contribution in [1.82, 2.24) is 4.98 Å². The summed E-state index contributed by atoms with van der Waals surface area (Å²) < 4.78 is 36.5. The molecule has 0 spiro atoms. The fourth-order valence-electron chi connectivity index (χ4n) is 0.790. The summed E-state index contributed by atoms with van der Waals surface area (Å²) in [6.07, 6.45) is -4.35. The van der Waals surface area contributed by atoms with E-state index >= 15 is 0 Å². The van der Waals surface area contributed by atoms with Crippen molar-refractivity contribution >= 4 is 21.6 Å². The van der Waals surface area contributed by atoms with E-state index in [0.29, 0.717) is 12.3 Å². The van der Waals surface area contributed by atoms with Gasteiger partial charge >= 0.3 is 6.18 Å². The Bertz CT molecular complexity index is 380. The Morgan fingerprint density at radius 2 is 2.07 bits per heavy atom. The van der Waals surface area contributed by atoms with Crippen LogP contribution in [0.15, 0.2) is 16.9 Å². The minimum Gasteiger partial charge on any atom is -0.258 e. The van der Waals surface area contributed by atoms with Crippen LogP contribution in [0, 0.1) is 10.1 Å². The molecule has 8 heteroatoms. The van der Waals surface area contributed by atoms with Gasteiger partial charge < -0.3 is 0 Å². The summed E-state index contributed by atoms with van der Waals surface area (Å²) in [5, 5.41) is 10.3. The number of nitrogens with zero attached hydrogens (tertiary/aromatic N) is 2. The van der Waals surface area contributed by atoms with Gasteiger partial charge in [-0.2, -0.15) is 13.2 Å². The molecule has 0 saturated carbocycles. The van der Waals surface area contributed by atoms with Crippen molar-refractivity contribution in [3.63, 3.8) is 0 Å². The molecular formula is C6H2BrF3N2O2. The van der Waals surface area contributed by atoms with Crippen LogP contribution in [0.4, 0.5) is 18.9 Å². The fraction of sp³-hybridized carbons (Fsp3) is 0.167. The summed E-state index contributed by atoms with van der Waals surface area (Å²) >= 11 is 2.75. The lowest BCUT2D eigenvalue weighted by Crippen LogP contribution is -2.09. The molecule has 1 rings (SSSR count). The molecule has 0 aromatic carbocycles. The van der Waals surface area contributed by atoms with E-state index in [1.165, 1.54) is 0 Å². The first-order valence-corrected chi connectivity index (χ1v) is 3.99. The maximum absolute atomic E-state index is 12.2. The first kappa shape index (κ1) is 10.9. The van der Waals surface area contributed by atoms with Gasteiger partial charge in [0.05, 0.1) is 4.92 Å². The first-order chi connectivity index (χ1) is 6.32. The van der Waals surface area contributed by atoms with Crippen molar-refractivity contribution in [2.24, 2.45) is 0 Å². The van der Waals surface area contributed by atoms with Gasteiger partial charge in [-0.1, -0.05) is 0 Å². The Kier molecular flexibility index (Phi) is 2.74. The second kappa shape index (κ2) is 3.52. The zero-order valence-corrected chi connectivity index (χ0v) is 7.96. The summed E-state index contributed by atoms with van der Waals surface area (Å²) in [6.45, 7) is 0. The molecule has 0 amide bonds. The van der Waals surface area contributed by atoms with E-state index in [4.69, 9.17) is 0 Å². The van der Waals surface area contributed by atoms with Gasteiger partial charge in [-0.05, 0) is 15.9 Å². The monoisotopic (exact) mass is 270 g/mol. The molecule has 4 nitrogen and oxygen atoms in total. The highest BCUT2D eigenvalue weighted by atomic mass is 79.9. The predicted molar refractivity (Wildman–Crippen MR) is 43.6 cm³/mol. The van der Waals surface area contributed by atoms with Crippen LogP contribution in [0.1, 0.15) is 5.56 Å². The summed E-state index contributed by atoms with van der Waals surface area (Å²) in [7, 11) is 0. The molecular weight excluding hydrogens is 269 g/mol. The van der Waals surface area contributed by atoms with Gasteiger partial charge in [0, 0.05) is 12.3 Å². The predicted octanol–water partition coefficient (Wildman–Crippen LogP) is 2.77. The molecule has 0 aliphatic carbocycles. The normalized spacial score (nSPS) is 11.4. The van der Waals surface area contributed by atoms with E-state index in [1.54, 1.807) is 0 Å². The van der Waals surface area contributed by atoms with Crippen LogP contribution in [0.3, 0.4) is 0 Å². The largest absolute Gasteiger partial charge is 0.424 e. The lowest BCUT2D eigenvalue weighted by atomic mass is 10.2. The molecule has 0 unspecified atom stereocenters. The Morgan fingerprint density at radius 3 is 2.50 bits per heavy atom. The van der Waals surface area contributed by atoms with Crippen molar-refractivity contribution in [3.8, 4) is 0 Å².